The van der Waals surface area contributed by atoms with Crippen molar-refractivity contribution in [2.45, 2.75) is 19.3 Å². The van der Waals surface area contributed by atoms with E-state index in [2.05, 4.69) is 4.90 Å². The molecule has 1 saturated heterocycles. The lowest BCUT2D eigenvalue weighted by molar-refractivity contribution is -0.144. The minimum absolute atomic E-state index is 0.101. The normalized spacial score (nSPS) is 20.2. The second-order valence-electron chi connectivity index (χ2n) is 4.79. The van der Waals surface area contributed by atoms with E-state index in [1.807, 2.05) is 36.5 Å². The molecule has 0 amide bonds. The van der Waals surface area contributed by atoms with Crippen LogP contribution in [0, 0.1) is 5.92 Å². The van der Waals surface area contributed by atoms with Gasteiger partial charge in [0.1, 0.15) is 6.61 Å². The molecule has 0 saturated carbocycles. The highest BCUT2D eigenvalue weighted by Crippen LogP contribution is 2.11. The predicted molar refractivity (Wildman–Crippen MR) is 72.2 cm³/mol. The summed E-state index contributed by atoms with van der Waals surface area (Å²) in [4.78, 5) is 14.0. The maximum atomic E-state index is 11.7. The van der Waals surface area contributed by atoms with Crippen LogP contribution in [0.2, 0.25) is 0 Å². The average molecular weight is 247 g/mol. The van der Waals surface area contributed by atoms with Gasteiger partial charge in [0.05, 0.1) is 6.42 Å². The molecule has 0 spiro atoms. The Morgan fingerprint density at radius 2 is 1.78 bits per heavy atom. The first kappa shape index (κ1) is 13.1. The summed E-state index contributed by atoms with van der Waals surface area (Å²) < 4.78 is 5.28. The standard InChI is InChI=1S/C15H21NO2/c17-15(13-14-7-3-1-2-4-8-14)18-12-11-16-9-5-6-10-16/h1-4,7-8,14H,5-6,9-13H2. The SMILES string of the molecule is O=C(CC1C=CC=CC=C1)OCCN1CCCC1. The molecular formula is C15H21NO2. The van der Waals surface area contributed by atoms with Crippen LogP contribution in [-0.2, 0) is 9.53 Å². The van der Waals surface area contributed by atoms with E-state index in [1.54, 1.807) is 0 Å². The molecule has 3 nitrogen and oxygen atoms in total. The molecule has 0 bridgehead atoms. The molecule has 1 heterocycles. The van der Waals surface area contributed by atoms with Gasteiger partial charge in [-0.25, -0.2) is 0 Å². The van der Waals surface area contributed by atoms with Crippen molar-refractivity contribution in [3.63, 3.8) is 0 Å². The van der Waals surface area contributed by atoms with Crippen LogP contribution in [0.25, 0.3) is 0 Å². The van der Waals surface area contributed by atoms with E-state index in [0.717, 1.165) is 19.6 Å². The summed E-state index contributed by atoms with van der Waals surface area (Å²) in [6, 6.07) is 0. The van der Waals surface area contributed by atoms with Crippen molar-refractivity contribution >= 4 is 5.97 Å². The van der Waals surface area contributed by atoms with Gasteiger partial charge in [0, 0.05) is 12.5 Å². The van der Waals surface area contributed by atoms with E-state index in [4.69, 9.17) is 4.74 Å². The summed E-state index contributed by atoms with van der Waals surface area (Å²) >= 11 is 0. The summed E-state index contributed by atoms with van der Waals surface area (Å²) in [5.41, 5.74) is 0. The third kappa shape index (κ3) is 4.49. The summed E-state index contributed by atoms with van der Waals surface area (Å²) in [6.45, 7) is 3.70. The highest BCUT2D eigenvalue weighted by molar-refractivity contribution is 5.70. The van der Waals surface area contributed by atoms with E-state index >= 15 is 0 Å². The van der Waals surface area contributed by atoms with Gasteiger partial charge in [0.2, 0.25) is 0 Å². The third-order valence-electron chi connectivity index (χ3n) is 3.32. The van der Waals surface area contributed by atoms with Crippen molar-refractivity contribution in [3.05, 3.63) is 36.5 Å². The number of carbonyl (C=O) groups is 1. The molecule has 3 heteroatoms. The van der Waals surface area contributed by atoms with E-state index < -0.39 is 0 Å². The van der Waals surface area contributed by atoms with Crippen LogP contribution in [0.3, 0.4) is 0 Å². The van der Waals surface area contributed by atoms with Crippen molar-refractivity contribution in [1.29, 1.82) is 0 Å². The Balaban J connectivity index is 1.62. The Morgan fingerprint density at radius 3 is 2.44 bits per heavy atom. The maximum absolute atomic E-state index is 11.7. The van der Waals surface area contributed by atoms with Gasteiger partial charge in [-0.1, -0.05) is 36.5 Å². The smallest absolute Gasteiger partial charge is 0.306 e. The van der Waals surface area contributed by atoms with Gasteiger partial charge >= 0.3 is 5.97 Å². The van der Waals surface area contributed by atoms with E-state index in [-0.39, 0.29) is 11.9 Å². The van der Waals surface area contributed by atoms with Gasteiger partial charge in [-0.15, -0.1) is 0 Å². The van der Waals surface area contributed by atoms with Crippen LogP contribution < -0.4 is 0 Å². The van der Waals surface area contributed by atoms with Crippen LogP contribution in [0.5, 0.6) is 0 Å². The third-order valence-corrected chi connectivity index (χ3v) is 3.32. The first-order valence-corrected chi connectivity index (χ1v) is 6.74. The van der Waals surface area contributed by atoms with Gasteiger partial charge in [-0.05, 0) is 25.9 Å². The zero-order chi connectivity index (χ0) is 12.6. The quantitative estimate of drug-likeness (QED) is 0.698. The highest BCUT2D eigenvalue weighted by Gasteiger charge is 2.13. The number of allylic oxidation sites excluding steroid dienone is 6. The zero-order valence-corrected chi connectivity index (χ0v) is 10.8. The summed E-state index contributed by atoms with van der Waals surface area (Å²) in [7, 11) is 0. The second-order valence-corrected chi connectivity index (χ2v) is 4.79. The van der Waals surface area contributed by atoms with E-state index in [9.17, 15) is 4.79 Å². The Morgan fingerprint density at radius 1 is 1.11 bits per heavy atom. The molecule has 1 fully saturated rings. The molecule has 18 heavy (non-hydrogen) atoms. The topological polar surface area (TPSA) is 29.5 Å². The molecule has 0 radical (unpaired) electrons. The van der Waals surface area contributed by atoms with E-state index in [0.29, 0.717) is 13.0 Å². The van der Waals surface area contributed by atoms with Gasteiger partial charge in [0.25, 0.3) is 0 Å². The number of hydrogen-bond donors (Lipinski definition) is 0. The van der Waals surface area contributed by atoms with Crippen molar-refractivity contribution < 1.29 is 9.53 Å². The zero-order valence-electron chi connectivity index (χ0n) is 10.8. The number of esters is 1. The fourth-order valence-corrected chi connectivity index (χ4v) is 2.29. The summed E-state index contributed by atoms with van der Waals surface area (Å²) in [5.74, 6) is 0.0645. The van der Waals surface area contributed by atoms with Crippen LogP contribution in [0.15, 0.2) is 36.5 Å². The lowest BCUT2D eigenvalue weighted by atomic mass is 10.1. The molecular weight excluding hydrogens is 226 g/mol. The highest BCUT2D eigenvalue weighted by atomic mass is 16.5. The Hall–Kier alpha value is -1.35. The second kappa shape index (κ2) is 7.17. The summed E-state index contributed by atoms with van der Waals surface area (Å²) in [6.07, 6.45) is 14.9. The molecule has 98 valence electrons. The monoisotopic (exact) mass is 247 g/mol. The van der Waals surface area contributed by atoms with Gasteiger partial charge < -0.3 is 4.74 Å². The molecule has 0 aromatic carbocycles. The number of rotatable bonds is 5. The maximum Gasteiger partial charge on any atom is 0.306 e. The molecule has 2 rings (SSSR count). The minimum atomic E-state index is -0.101. The Bertz CT molecular complexity index is 336. The number of ether oxygens (including phenoxy) is 1. The molecule has 0 aromatic heterocycles. The summed E-state index contributed by atoms with van der Waals surface area (Å²) in [5, 5.41) is 0. The molecule has 0 N–H and O–H groups in total. The Kier molecular flexibility index (Phi) is 5.21. The number of likely N-dealkylation sites (tertiary alicyclic amines) is 1. The number of hydrogen-bond acceptors (Lipinski definition) is 3. The van der Waals surface area contributed by atoms with E-state index in [1.165, 1.54) is 12.8 Å². The van der Waals surface area contributed by atoms with Crippen molar-refractivity contribution in [3.8, 4) is 0 Å². The largest absolute Gasteiger partial charge is 0.464 e. The van der Waals surface area contributed by atoms with Crippen LogP contribution in [0.4, 0.5) is 0 Å². The molecule has 1 aliphatic carbocycles. The molecule has 1 aliphatic heterocycles. The van der Waals surface area contributed by atoms with Crippen molar-refractivity contribution in [2.24, 2.45) is 5.92 Å². The predicted octanol–water partition coefficient (Wildman–Crippen LogP) is 2.31. The average Bonchev–Trinajstić information content (AvgIpc) is 2.74. The van der Waals surface area contributed by atoms with Crippen LogP contribution in [-0.4, -0.2) is 37.1 Å². The lowest BCUT2D eigenvalue weighted by Gasteiger charge is -2.14. The number of carbonyl (C=O) groups excluding carboxylic acids is 1. The molecule has 0 aromatic rings. The first-order chi connectivity index (χ1) is 8.84. The minimum Gasteiger partial charge on any atom is -0.464 e. The van der Waals surface area contributed by atoms with Gasteiger partial charge in [-0.3, -0.25) is 9.69 Å². The number of nitrogens with zero attached hydrogens (tertiary/aromatic N) is 1. The van der Waals surface area contributed by atoms with Gasteiger partial charge in [-0.2, -0.15) is 0 Å². The van der Waals surface area contributed by atoms with Crippen molar-refractivity contribution in [2.75, 3.05) is 26.2 Å². The van der Waals surface area contributed by atoms with Crippen molar-refractivity contribution in [1.82, 2.24) is 4.90 Å². The lowest BCUT2D eigenvalue weighted by Crippen LogP contribution is -2.25. The van der Waals surface area contributed by atoms with Crippen LogP contribution >= 0.6 is 0 Å². The van der Waals surface area contributed by atoms with Gasteiger partial charge in [0.15, 0.2) is 0 Å². The van der Waals surface area contributed by atoms with Crippen LogP contribution in [0.1, 0.15) is 19.3 Å². The fraction of sp³-hybridized carbons (Fsp3) is 0.533. The Labute approximate surface area is 109 Å². The molecule has 0 unspecified atom stereocenters. The molecule has 0 atom stereocenters. The first-order valence-electron chi connectivity index (χ1n) is 6.74. The molecule has 2 aliphatic rings. The fourth-order valence-electron chi connectivity index (χ4n) is 2.29.